The van der Waals surface area contributed by atoms with E-state index >= 15 is 0 Å². The number of hydrogen-bond acceptors (Lipinski definition) is 5. The van der Waals surface area contributed by atoms with Gasteiger partial charge in [0.25, 0.3) is 0 Å². The Morgan fingerprint density at radius 1 is 1.38 bits per heavy atom. The third-order valence-corrected chi connectivity index (χ3v) is 7.39. The second-order valence-corrected chi connectivity index (χ2v) is 9.23. The first-order chi connectivity index (χ1) is 12.4. The topological polar surface area (TPSA) is 79.4 Å². The van der Waals surface area contributed by atoms with Crippen LogP contribution < -0.4 is 5.32 Å². The summed E-state index contributed by atoms with van der Waals surface area (Å²) in [5.41, 5.74) is 1.57. The van der Waals surface area contributed by atoms with Gasteiger partial charge in [-0.3, -0.25) is 4.79 Å². The van der Waals surface area contributed by atoms with Crippen molar-refractivity contribution in [3.05, 3.63) is 45.9 Å². The minimum Gasteiger partial charge on any atom is -0.349 e. The Bertz CT molecular complexity index is 893. The normalized spacial score (nSPS) is 18.2. The number of rotatable bonds is 6. The summed E-state index contributed by atoms with van der Waals surface area (Å²) in [6.07, 6.45) is 1.85. The lowest BCUT2D eigenvalue weighted by Crippen LogP contribution is -2.45. The van der Waals surface area contributed by atoms with Crippen LogP contribution >= 0.6 is 11.3 Å². The Morgan fingerprint density at radius 3 is 2.85 bits per heavy atom. The van der Waals surface area contributed by atoms with Gasteiger partial charge < -0.3 is 5.32 Å². The largest absolute Gasteiger partial charge is 0.349 e. The van der Waals surface area contributed by atoms with Gasteiger partial charge in [0.2, 0.25) is 15.9 Å². The fraction of sp³-hybridized carbons (Fsp3) is 0.444. The molecule has 0 spiro atoms. The molecule has 26 heavy (non-hydrogen) atoms. The molecule has 6 nitrogen and oxygen atoms in total. The van der Waals surface area contributed by atoms with Crippen LogP contribution in [0.1, 0.15) is 36.0 Å². The summed E-state index contributed by atoms with van der Waals surface area (Å²) in [7, 11) is -3.70. The smallest absolute Gasteiger partial charge is 0.244 e. The average molecular weight is 394 g/mol. The number of benzene rings is 1. The zero-order valence-corrected chi connectivity index (χ0v) is 16.6. The Hall–Kier alpha value is -1.77. The first-order valence-corrected chi connectivity index (χ1v) is 11.0. The molecule has 0 radical (unpaired) electrons. The lowest BCUT2D eigenvalue weighted by atomic mass is 10.2. The van der Waals surface area contributed by atoms with Crippen LogP contribution in [0.2, 0.25) is 0 Å². The third kappa shape index (κ3) is 3.82. The highest BCUT2D eigenvalue weighted by atomic mass is 32.2. The van der Waals surface area contributed by atoms with E-state index in [1.165, 1.54) is 15.6 Å². The first-order valence-electron chi connectivity index (χ1n) is 8.72. The van der Waals surface area contributed by atoms with Gasteiger partial charge in [-0.1, -0.05) is 25.1 Å². The molecule has 8 heteroatoms. The Balaban J connectivity index is 1.77. The molecular weight excluding hydrogens is 370 g/mol. The molecule has 2 heterocycles. The SMILES string of the molecule is CCc1ccccc1S(=O)(=O)N1CCC[C@@H]1C(=O)NCc1csc(C)n1. The lowest BCUT2D eigenvalue weighted by molar-refractivity contribution is -0.124. The van der Waals surface area contributed by atoms with Crippen LogP contribution in [0.3, 0.4) is 0 Å². The number of thiazole rings is 1. The van der Waals surface area contributed by atoms with Crippen molar-refractivity contribution in [2.45, 2.75) is 50.6 Å². The number of sulfonamides is 1. The molecule has 1 saturated heterocycles. The summed E-state index contributed by atoms with van der Waals surface area (Å²) in [5, 5.41) is 5.67. The Kier molecular flexibility index (Phi) is 5.74. The van der Waals surface area contributed by atoms with E-state index in [2.05, 4.69) is 10.3 Å². The lowest BCUT2D eigenvalue weighted by Gasteiger charge is -2.24. The number of carbonyl (C=O) groups is 1. The molecule has 1 aromatic heterocycles. The van der Waals surface area contributed by atoms with Crippen LogP contribution in [0.25, 0.3) is 0 Å². The van der Waals surface area contributed by atoms with Gasteiger partial charge >= 0.3 is 0 Å². The van der Waals surface area contributed by atoms with Crippen molar-refractivity contribution in [2.75, 3.05) is 6.54 Å². The molecule has 1 atom stereocenters. The van der Waals surface area contributed by atoms with Gasteiger partial charge in [-0.25, -0.2) is 13.4 Å². The van der Waals surface area contributed by atoms with Crippen molar-refractivity contribution >= 4 is 27.3 Å². The van der Waals surface area contributed by atoms with E-state index in [9.17, 15) is 13.2 Å². The monoisotopic (exact) mass is 393 g/mol. The standard InChI is InChI=1S/C18H23N3O3S2/c1-3-14-7-4-5-9-17(14)26(23,24)21-10-6-8-16(21)18(22)19-11-15-12-25-13(2)20-15/h4-5,7,9,12,16H,3,6,8,10-11H2,1-2H3,(H,19,22)/t16-/m1/s1. The molecule has 0 bridgehead atoms. The molecule has 1 aliphatic rings. The predicted molar refractivity (Wildman–Crippen MR) is 101 cm³/mol. The highest BCUT2D eigenvalue weighted by Gasteiger charge is 2.39. The molecule has 1 N–H and O–H groups in total. The van der Waals surface area contributed by atoms with Crippen LogP contribution in [0.15, 0.2) is 34.5 Å². The summed E-state index contributed by atoms with van der Waals surface area (Å²) in [6, 6.07) is 6.34. The number of aromatic nitrogens is 1. The van der Waals surface area contributed by atoms with Crippen LogP contribution in [0.5, 0.6) is 0 Å². The van der Waals surface area contributed by atoms with Crippen LogP contribution in [-0.4, -0.2) is 36.2 Å². The molecule has 1 aromatic carbocycles. The Morgan fingerprint density at radius 2 is 2.15 bits per heavy atom. The molecule has 2 aromatic rings. The fourth-order valence-corrected chi connectivity index (χ4v) is 5.81. The van der Waals surface area contributed by atoms with E-state index in [4.69, 9.17) is 0 Å². The maximum absolute atomic E-state index is 13.1. The van der Waals surface area contributed by atoms with Gasteiger partial charge in [0, 0.05) is 11.9 Å². The van der Waals surface area contributed by atoms with Crippen LogP contribution in [0, 0.1) is 6.92 Å². The molecule has 3 rings (SSSR count). The van der Waals surface area contributed by atoms with Crippen molar-refractivity contribution in [1.29, 1.82) is 0 Å². The molecule has 1 amide bonds. The van der Waals surface area contributed by atoms with E-state index in [1.54, 1.807) is 12.1 Å². The minimum absolute atomic E-state index is 0.259. The molecular formula is C18H23N3O3S2. The van der Waals surface area contributed by atoms with E-state index < -0.39 is 16.1 Å². The number of nitrogens with one attached hydrogen (secondary N) is 1. The summed E-state index contributed by atoms with van der Waals surface area (Å²) in [5.74, 6) is -0.259. The fourth-order valence-electron chi connectivity index (χ4n) is 3.25. The van der Waals surface area contributed by atoms with Gasteiger partial charge in [-0.2, -0.15) is 4.31 Å². The molecule has 1 aliphatic heterocycles. The van der Waals surface area contributed by atoms with Crippen molar-refractivity contribution in [3.63, 3.8) is 0 Å². The zero-order chi connectivity index (χ0) is 18.7. The summed E-state index contributed by atoms with van der Waals surface area (Å²) < 4.78 is 27.6. The molecule has 0 saturated carbocycles. The summed E-state index contributed by atoms with van der Waals surface area (Å²) >= 11 is 1.53. The second kappa shape index (κ2) is 7.85. The van der Waals surface area contributed by atoms with Crippen molar-refractivity contribution < 1.29 is 13.2 Å². The van der Waals surface area contributed by atoms with E-state index in [-0.39, 0.29) is 5.91 Å². The number of nitrogens with zero attached hydrogens (tertiary/aromatic N) is 2. The number of aryl methyl sites for hydroxylation is 2. The molecule has 140 valence electrons. The van der Waals surface area contributed by atoms with Gasteiger partial charge in [0.05, 0.1) is 22.1 Å². The quantitative estimate of drug-likeness (QED) is 0.818. The maximum Gasteiger partial charge on any atom is 0.244 e. The minimum atomic E-state index is -3.70. The zero-order valence-electron chi connectivity index (χ0n) is 14.9. The second-order valence-electron chi connectivity index (χ2n) is 6.31. The van der Waals surface area contributed by atoms with Gasteiger partial charge in [-0.15, -0.1) is 11.3 Å². The summed E-state index contributed by atoms with van der Waals surface area (Å²) in [4.78, 5) is 17.2. The molecule has 0 unspecified atom stereocenters. The van der Waals surface area contributed by atoms with Crippen molar-refractivity contribution in [1.82, 2.24) is 14.6 Å². The number of carbonyl (C=O) groups excluding carboxylic acids is 1. The van der Waals surface area contributed by atoms with Crippen molar-refractivity contribution in [3.8, 4) is 0 Å². The highest BCUT2D eigenvalue weighted by Crippen LogP contribution is 2.28. The molecule has 1 fully saturated rings. The highest BCUT2D eigenvalue weighted by molar-refractivity contribution is 7.89. The maximum atomic E-state index is 13.1. The predicted octanol–water partition coefficient (Wildman–Crippen LogP) is 2.48. The average Bonchev–Trinajstić information content (AvgIpc) is 3.29. The van der Waals surface area contributed by atoms with E-state index in [0.717, 1.165) is 16.3 Å². The molecule has 0 aliphatic carbocycles. The van der Waals surface area contributed by atoms with Gasteiger partial charge in [0.1, 0.15) is 6.04 Å². The number of hydrogen-bond donors (Lipinski definition) is 1. The van der Waals surface area contributed by atoms with Crippen LogP contribution in [0.4, 0.5) is 0 Å². The first kappa shape index (κ1) is 19.0. The Labute approximate surface area is 158 Å². The van der Waals surface area contributed by atoms with Gasteiger partial charge in [0.15, 0.2) is 0 Å². The van der Waals surface area contributed by atoms with Crippen molar-refractivity contribution in [2.24, 2.45) is 0 Å². The van der Waals surface area contributed by atoms with E-state index in [0.29, 0.717) is 37.2 Å². The number of amides is 1. The third-order valence-electron chi connectivity index (χ3n) is 4.56. The van der Waals surface area contributed by atoms with Gasteiger partial charge in [-0.05, 0) is 37.8 Å². The summed E-state index contributed by atoms with van der Waals surface area (Å²) in [6.45, 7) is 4.53. The van der Waals surface area contributed by atoms with Crippen LogP contribution in [-0.2, 0) is 27.8 Å². The van der Waals surface area contributed by atoms with E-state index in [1.807, 2.05) is 31.4 Å².